The molecule has 0 aliphatic carbocycles. The highest BCUT2D eigenvalue weighted by molar-refractivity contribution is 5.92. The molecule has 5 nitrogen and oxygen atoms in total. The first-order valence-electron chi connectivity index (χ1n) is 5.45. The van der Waals surface area contributed by atoms with E-state index in [4.69, 9.17) is 0 Å². The standard InChI is InChI=1S/C11H12F3N3O2/c12-11(13,14)10(19)17-7-3-6-16-9(18)8-4-1-2-5-15-8/h1-2,4-5H,3,6-7H2,(H,16,18)(H,17,19). The topological polar surface area (TPSA) is 71.1 Å². The van der Waals surface area contributed by atoms with Crippen LogP contribution in [-0.4, -0.2) is 36.1 Å². The molecule has 1 rings (SSSR count). The molecule has 2 amide bonds. The fourth-order valence-electron chi connectivity index (χ4n) is 1.18. The lowest BCUT2D eigenvalue weighted by Crippen LogP contribution is -2.38. The molecule has 1 aromatic heterocycles. The molecule has 0 saturated carbocycles. The molecular weight excluding hydrogens is 263 g/mol. The predicted molar refractivity (Wildman–Crippen MR) is 60.3 cm³/mol. The van der Waals surface area contributed by atoms with E-state index in [0.29, 0.717) is 0 Å². The zero-order chi connectivity index (χ0) is 14.3. The monoisotopic (exact) mass is 275 g/mol. The molecule has 0 radical (unpaired) electrons. The Morgan fingerprint density at radius 1 is 1.16 bits per heavy atom. The van der Waals surface area contributed by atoms with Crippen molar-refractivity contribution in [3.8, 4) is 0 Å². The normalized spacial score (nSPS) is 10.9. The first-order valence-corrected chi connectivity index (χ1v) is 5.45. The van der Waals surface area contributed by atoms with Crippen LogP contribution in [-0.2, 0) is 4.79 Å². The van der Waals surface area contributed by atoms with E-state index in [2.05, 4.69) is 10.3 Å². The molecule has 0 bridgehead atoms. The number of amides is 2. The van der Waals surface area contributed by atoms with Gasteiger partial charge < -0.3 is 10.6 Å². The molecule has 0 saturated heterocycles. The average Bonchev–Trinajstić information content (AvgIpc) is 2.37. The highest BCUT2D eigenvalue weighted by atomic mass is 19.4. The first-order chi connectivity index (χ1) is 8.91. The number of carbonyl (C=O) groups is 2. The number of pyridine rings is 1. The Hall–Kier alpha value is -2.12. The number of nitrogens with zero attached hydrogens (tertiary/aromatic N) is 1. The van der Waals surface area contributed by atoms with Crippen molar-refractivity contribution in [3.63, 3.8) is 0 Å². The molecule has 0 fully saturated rings. The second-order valence-corrected chi connectivity index (χ2v) is 3.58. The molecule has 0 aromatic carbocycles. The summed E-state index contributed by atoms with van der Waals surface area (Å²) in [6.45, 7) is -0.0195. The Bertz CT molecular complexity index is 435. The van der Waals surface area contributed by atoms with E-state index in [-0.39, 0.29) is 25.2 Å². The Kier molecular flexibility index (Phi) is 5.28. The highest BCUT2D eigenvalue weighted by Crippen LogP contribution is 2.13. The Morgan fingerprint density at radius 3 is 2.42 bits per heavy atom. The summed E-state index contributed by atoms with van der Waals surface area (Å²) in [6, 6.07) is 4.82. The Labute approximate surface area is 107 Å². The van der Waals surface area contributed by atoms with E-state index in [1.807, 2.05) is 0 Å². The summed E-state index contributed by atoms with van der Waals surface area (Å²) < 4.78 is 35.5. The third kappa shape index (κ3) is 5.36. The van der Waals surface area contributed by atoms with Gasteiger partial charge in [-0.25, -0.2) is 0 Å². The van der Waals surface area contributed by atoms with Crippen molar-refractivity contribution in [2.45, 2.75) is 12.6 Å². The predicted octanol–water partition coefficient (Wildman–Crippen LogP) is 0.880. The van der Waals surface area contributed by atoms with E-state index >= 15 is 0 Å². The molecule has 0 aliphatic heterocycles. The largest absolute Gasteiger partial charge is 0.471 e. The lowest BCUT2D eigenvalue weighted by molar-refractivity contribution is -0.173. The van der Waals surface area contributed by atoms with E-state index in [0.717, 1.165) is 0 Å². The summed E-state index contributed by atoms with van der Waals surface area (Å²) in [5, 5.41) is 4.18. The minimum Gasteiger partial charge on any atom is -0.351 e. The summed E-state index contributed by atoms with van der Waals surface area (Å²) in [5.41, 5.74) is 0.224. The van der Waals surface area contributed by atoms with Crippen molar-refractivity contribution < 1.29 is 22.8 Å². The third-order valence-corrected chi connectivity index (χ3v) is 2.08. The van der Waals surface area contributed by atoms with Crippen LogP contribution >= 0.6 is 0 Å². The van der Waals surface area contributed by atoms with Crippen LogP contribution in [0.25, 0.3) is 0 Å². The van der Waals surface area contributed by atoms with Crippen LogP contribution in [0.2, 0.25) is 0 Å². The summed E-state index contributed by atoms with van der Waals surface area (Å²) >= 11 is 0. The van der Waals surface area contributed by atoms with Gasteiger partial charge in [0, 0.05) is 19.3 Å². The maximum Gasteiger partial charge on any atom is 0.471 e. The molecule has 0 unspecified atom stereocenters. The van der Waals surface area contributed by atoms with Gasteiger partial charge >= 0.3 is 12.1 Å². The van der Waals surface area contributed by atoms with Gasteiger partial charge in [-0.1, -0.05) is 6.07 Å². The van der Waals surface area contributed by atoms with Gasteiger partial charge in [-0.2, -0.15) is 13.2 Å². The van der Waals surface area contributed by atoms with E-state index in [1.165, 1.54) is 12.3 Å². The number of carbonyl (C=O) groups excluding carboxylic acids is 2. The van der Waals surface area contributed by atoms with Crippen LogP contribution in [0.15, 0.2) is 24.4 Å². The van der Waals surface area contributed by atoms with Gasteiger partial charge in [0.1, 0.15) is 5.69 Å². The number of hydrogen-bond donors (Lipinski definition) is 2. The number of hydrogen-bond acceptors (Lipinski definition) is 3. The molecule has 0 atom stereocenters. The molecule has 19 heavy (non-hydrogen) atoms. The minimum absolute atomic E-state index is 0.146. The third-order valence-electron chi connectivity index (χ3n) is 2.08. The molecule has 1 aromatic rings. The molecule has 0 aliphatic rings. The molecule has 1 heterocycles. The first kappa shape index (κ1) is 14.9. The Morgan fingerprint density at radius 2 is 1.84 bits per heavy atom. The molecule has 0 spiro atoms. The zero-order valence-electron chi connectivity index (χ0n) is 9.83. The smallest absolute Gasteiger partial charge is 0.351 e. The van der Waals surface area contributed by atoms with Crippen LogP contribution in [0.4, 0.5) is 13.2 Å². The maximum atomic E-state index is 11.8. The van der Waals surface area contributed by atoms with Gasteiger partial charge in [0.15, 0.2) is 0 Å². The van der Waals surface area contributed by atoms with E-state index in [1.54, 1.807) is 17.4 Å². The summed E-state index contributed by atoms with van der Waals surface area (Å²) in [6.07, 6.45) is -3.23. The van der Waals surface area contributed by atoms with Crippen LogP contribution in [0.3, 0.4) is 0 Å². The van der Waals surface area contributed by atoms with Crippen LogP contribution in [0.1, 0.15) is 16.9 Å². The van der Waals surface area contributed by atoms with Gasteiger partial charge in [0.05, 0.1) is 0 Å². The summed E-state index contributed by atoms with van der Waals surface area (Å²) in [4.78, 5) is 25.7. The SMILES string of the molecule is O=C(NCCCNC(=O)C(F)(F)F)c1ccccn1. The maximum absolute atomic E-state index is 11.8. The average molecular weight is 275 g/mol. The molecule has 2 N–H and O–H groups in total. The van der Waals surface area contributed by atoms with Crippen molar-refractivity contribution >= 4 is 11.8 Å². The van der Waals surface area contributed by atoms with Crippen LogP contribution < -0.4 is 10.6 Å². The van der Waals surface area contributed by atoms with Gasteiger partial charge in [-0.15, -0.1) is 0 Å². The van der Waals surface area contributed by atoms with Crippen molar-refractivity contribution in [2.75, 3.05) is 13.1 Å². The van der Waals surface area contributed by atoms with E-state index < -0.39 is 18.0 Å². The summed E-state index contributed by atoms with van der Waals surface area (Å²) in [5.74, 6) is -2.40. The lowest BCUT2D eigenvalue weighted by Gasteiger charge is -2.08. The van der Waals surface area contributed by atoms with E-state index in [9.17, 15) is 22.8 Å². The second-order valence-electron chi connectivity index (χ2n) is 3.58. The number of rotatable bonds is 5. The Balaban J connectivity index is 2.18. The van der Waals surface area contributed by atoms with Gasteiger partial charge in [-0.05, 0) is 18.6 Å². The second kappa shape index (κ2) is 6.72. The van der Waals surface area contributed by atoms with Crippen molar-refractivity contribution in [3.05, 3.63) is 30.1 Å². The van der Waals surface area contributed by atoms with Gasteiger partial charge in [0.2, 0.25) is 0 Å². The minimum atomic E-state index is -4.88. The number of halogens is 3. The summed E-state index contributed by atoms with van der Waals surface area (Å²) in [7, 11) is 0. The van der Waals surface area contributed by atoms with Crippen LogP contribution in [0.5, 0.6) is 0 Å². The van der Waals surface area contributed by atoms with Crippen molar-refractivity contribution in [2.24, 2.45) is 0 Å². The van der Waals surface area contributed by atoms with Gasteiger partial charge in [-0.3, -0.25) is 14.6 Å². The molecular formula is C11H12F3N3O2. The number of alkyl halides is 3. The number of nitrogens with one attached hydrogen (secondary N) is 2. The zero-order valence-corrected chi connectivity index (χ0v) is 9.83. The molecule has 104 valence electrons. The van der Waals surface area contributed by atoms with Gasteiger partial charge in [0.25, 0.3) is 5.91 Å². The van der Waals surface area contributed by atoms with Crippen LogP contribution in [0, 0.1) is 0 Å². The molecule has 8 heteroatoms. The number of aromatic nitrogens is 1. The lowest BCUT2D eigenvalue weighted by atomic mass is 10.3. The highest BCUT2D eigenvalue weighted by Gasteiger charge is 2.38. The quantitative estimate of drug-likeness (QED) is 0.784. The van der Waals surface area contributed by atoms with Crippen molar-refractivity contribution in [1.29, 1.82) is 0 Å². The fourth-order valence-corrected chi connectivity index (χ4v) is 1.18. The van der Waals surface area contributed by atoms with Crippen molar-refractivity contribution in [1.82, 2.24) is 15.6 Å². The fraction of sp³-hybridized carbons (Fsp3) is 0.364.